The molecule has 3 nitrogen and oxygen atoms in total. The Balaban J connectivity index is 1.89. The molecule has 0 amide bonds. The summed E-state index contributed by atoms with van der Waals surface area (Å²) in [6.07, 6.45) is 0. The number of benzene rings is 2. The fourth-order valence-electron chi connectivity index (χ4n) is 2.57. The second-order valence-corrected chi connectivity index (χ2v) is 6.68. The van der Waals surface area contributed by atoms with Gasteiger partial charge in [0.2, 0.25) is 0 Å². The molecule has 0 aliphatic carbocycles. The first-order valence-electron chi connectivity index (χ1n) is 7.33. The molecule has 1 fully saturated rings. The molecule has 2 aromatic rings. The number of hydrogen-bond acceptors (Lipinski definition) is 3. The normalized spacial score (nSPS) is 21.7. The van der Waals surface area contributed by atoms with E-state index in [1.807, 2.05) is 64.1 Å². The zero-order valence-corrected chi connectivity index (χ0v) is 13.0. The molecule has 0 aromatic heterocycles. The van der Waals surface area contributed by atoms with Crippen LogP contribution in [0.5, 0.6) is 0 Å². The summed E-state index contributed by atoms with van der Waals surface area (Å²) in [7, 11) is -0.642. The zero-order chi connectivity index (χ0) is 15.3. The highest BCUT2D eigenvalue weighted by atomic mass is 16.7. The van der Waals surface area contributed by atoms with Crippen LogP contribution >= 0.6 is 0 Å². The van der Waals surface area contributed by atoms with Crippen molar-refractivity contribution < 1.29 is 14.4 Å². The van der Waals surface area contributed by atoms with E-state index in [4.69, 9.17) is 9.31 Å². The van der Waals surface area contributed by atoms with Crippen LogP contribution in [0.25, 0.3) is 10.8 Å². The van der Waals surface area contributed by atoms with Crippen molar-refractivity contribution in [3.63, 3.8) is 0 Å². The molecule has 0 saturated carbocycles. The SMILES string of the molecule is CC1(C)OB([C@H](O)c2ccc3ccccc3c2)OC1(C)C. The summed E-state index contributed by atoms with van der Waals surface area (Å²) < 4.78 is 11.8. The van der Waals surface area contributed by atoms with Gasteiger partial charge in [-0.15, -0.1) is 0 Å². The third kappa shape index (κ3) is 2.48. The topological polar surface area (TPSA) is 38.7 Å². The third-order valence-corrected chi connectivity index (χ3v) is 4.64. The zero-order valence-electron chi connectivity index (χ0n) is 13.0. The van der Waals surface area contributed by atoms with Crippen LogP contribution in [-0.4, -0.2) is 23.4 Å². The second kappa shape index (κ2) is 4.84. The Labute approximate surface area is 126 Å². The smallest absolute Gasteiger partial charge is 0.401 e. The average Bonchev–Trinajstić information content (AvgIpc) is 2.66. The van der Waals surface area contributed by atoms with Crippen molar-refractivity contribution in [3.8, 4) is 0 Å². The fraction of sp³-hybridized carbons (Fsp3) is 0.412. The Bertz CT molecular complexity index is 650. The Morgan fingerprint density at radius 3 is 2.10 bits per heavy atom. The van der Waals surface area contributed by atoms with Gasteiger partial charge in [0.25, 0.3) is 0 Å². The standard InChI is InChI=1S/C17H21BO3/c1-16(2)17(3,4)21-18(20-16)15(19)14-10-9-12-7-5-6-8-13(12)11-14/h5-11,15,19H,1-4H3/t15-/m1/s1. The Kier molecular flexibility index (Phi) is 3.36. The van der Waals surface area contributed by atoms with Crippen LogP contribution in [0, 0.1) is 0 Å². The predicted octanol–water partition coefficient (Wildman–Crippen LogP) is 3.50. The molecule has 0 unspecified atom stereocenters. The van der Waals surface area contributed by atoms with E-state index in [-0.39, 0.29) is 0 Å². The highest BCUT2D eigenvalue weighted by molar-refractivity contribution is 6.47. The lowest BCUT2D eigenvalue weighted by Crippen LogP contribution is -2.41. The summed E-state index contributed by atoms with van der Waals surface area (Å²) in [6.45, 7) is 7.94. The number of rotatable bonds is 2. The van der Waals surface area contributed by atoms with Gasteiger partial charge in [-0.05, 0) is 50.1 Å². The Morgan fingerprint density at radius 1 is 0.905 bits per heavy atom. The maximum absolute atomic E-state index is 10.6. The van der Waals surface area contributed by atoms with E-state index in [1.54, 1.807) is 0 Å². The van der Waals surface area contributed by atoms with Gasteiger partial charge in [0.15, 0.2) is 0 Å². The predicted molar refractivity (Wildman–Crippen MR) is 85.0 cm³/mol. The Hall–Kier alpha value is -1.36. The first-order chi connectivity index (χ1) is 9.80. The molecule has 4 heteroatoms. The van der Waals surface area contributed by atoms with E-state index in [0.29, 0.717) is 0 Å². The van der Waals surface area contributed by atoms with E-state index >= 15 is 0 Å². The summed E-state index contributed by atoms with van der Waals surface area (Å²) in [6, 6.07) is 13.2. The van der Waals surface area contributed by atoms with Crippen LogP contribution in [-0.2, 0) is 9.31 Å². The van der Waals surface area contributed by atoms with Gasteiger partial charge in [-0.3, -0.25) is 0 Å². The average molecular weight is 284 g/mol. The van der Waals surface area contributed by atoms with Gasteiger partial charge in [0.1, 0.15) is 6.00 Å². The monoisotopic (exact) mass is 284 g/mol. The van der Waals surface area contributed by atoms with Gasteiger partial charge in [-0.2, -0.15) is 0 Å². The molecular formula is C17H21BO3. The highest BCUT2D eigenvalue weighted by Crippen LogP contribution is 2.40. The van der Waals surface area contributed by atoms with Crippen molar-refractivity contribution in [1.29, 1.82) is 0 Å². The third-order valence-electron chi connectivity index (χ3n) is 4.64. The molecule has 0 spiro atoms. The number of aliphatic hydroxyl groups excluding tert-OH is 1. The van der Waals surface area contributed by atoms with Crippen molar-refractivity contribution in [2.45, 2.75) is 44.9 Å². The molecule has 1 saturated heterocycles. The van der Waals surface area contributed by atoms with Crippen LogP contribution < -0.4 is 0 Å². The summed E-state index contributed by atoms with van der Waals surface area (Å²) >= 11 is 0. The number of fused-ring (bicyclic) bond motifs is 1. The van der Waals surface area contributed by atoms with Crippen molar-refractivity contribution in [2.24, 2.45) is 0 Å². The molecule has 21 heavy (non-hydrogen) atoms. The van der Waals surface area contributed by atoms with Gasteiger partial charge in [-0.1, -0.05) is 36.4 Å². The van der Waals surface area contributed by atoms with Gasteiger partial charge in [-0.25, -0.2) is 0 Å². The summed E-state index contributed by atoms with van der Waals surface area (Å²) in [5, 5.41) is 12.9. The molecule has 0 bridgehead atoms. The first-order valence-corrected chi connectivity index (χ1v) is 7.33. The summed E-state index contributed by atoms with van der Waals surface area (Å²) in [4.78, 5) is 0. The number of hydrogen-bond donors (Lipinski definition) is 1. The van der Waals surface area contributed by atoms with Crippen molar-refractivity contribution >= 4 is 17.9 Å². The van der Waals surface area contributed by atoms with Gasteiger partial charge in [0.05, 0.1) is 11.2 Å². The maximum atomic E-state index is 10.6. The molecule has 1 aliphatic rings. The summed E-state index contributed by atoms with van der Waals surface area (Å²) in [5.41, 5.74) is -0.0578. The molecule has 3 rings (SSSR count). The minimum absolute atomic E-state index is 0.435. The van der Waals surface area contributed by atoms with Crippen molar-refractivity contribution in [3.05, 3.63) is 48.0 Å². The Morgan fingerprint density at radius 2 is 1.48 bits per heavy atom. The molecule has 0 radical (unpaired) electrons. The van der Waals surface area contributed by atoms with E-state index in [0.717, 1.165) is 16.3 Å². The fourth-order valence-corrected chi connectivity index (χ4v) is 2.57. The van der Waals surface area contributed by atoms with Crippen molar-refractivity contribution in [2.75, 3.05) is 0 Å². The second-order valence-electron chi connectivity index (χ2n) is 6.68. The molecular weight excluding hydrogens is 263 g/mol. The molecule has 2 aromatic carbocycles. The van der Waals surface area contributed by atoms with E-state index in [2.05, 4.69) is 6.07 Å². The molecule has 1 heterocycles. The molecule has 1 atom stereocenters. The first kappa shape index (κ1) is 14.6. The lowest BCUT2D eigenvalue weighted by atomic mass is 9.76. The van der Waals surface area contributed by atoms with Crippen LogP contribution in [0.1, 0.15) is 39.3 Å². The molecule has 1 N–H and O–H groups in total. The quantitative estimate of drug-likeness (QED) is 0.858. The van der Waals surface area contributed by atoms with Crippen molar-refractivity contribution in [1.82, 2.24) is 0 Å². The van der Waals surface area contributed by atoms with Gasteiger partial charge < -0.3 is 14.4 Å². The molecule has 110 valence electrons. The van der Waals surface area contributed by atoms with Crippen LogP contribution in [0.2, 0.25) is 0 Å². The van der Waals surface area contributed by atoms with Gasteiger partial charge >= 0.3 is 7.12 Å². The molecule has 1 aliphatic heterocycles. The lowest BCUT2D eigenvalue weighted by Gasteiger charge is -2.32. The van der Waals surface area contributed by atoms with E-state index in [9.17, 15) is 5.11 Å². The maximum Gasteiger partial charge on any atom is 0.493 e. The lowest BCUT2D eigenvalue weighted by molar-refractivity contribution is 0.00578. The minimum atomic E-state index is -0.796. The minimum Gasteiger partial charge on any atom is -0.401 e. The summed E-state index contributed by atoms with van der Waals surface area (Å²) in [5.74, 6) is 0. The van der Waals surface area contributed by atoms with Crippen LogP contribution in [0.15, 0.2) is 42.5 Å². The van der Waals surface area contributed by atoms with E-state index in [1.165, 1.54) is 0 Å². The largest absolute Gasteiger partial charge is 0.493 e. The van der Waals surface area contributed by atoms with Crippen LogP contribution in [0.4, 0.5) is 0 Å². The highest BCUT2D eigenvalue weighted by Gasteiger charge is 2.53. The van der Waals surface area contributed by atoms with Gasteiger partial charge in [0, 0.05) is 0 Å². The number of aliphatic hydroxyl groups is 1. The van der Waals surface area contributed by atoms with Crippen LogP contribution in [0.3, 0.4) is 0 Å². The van der Waals surface area contributed by atoms with E-state index < -0.39 is 24.3 Å².